The fourth-order valence-electron chi connectivity index (χ4n) is 0.407. The highest BCUT2D eigenvalue weighted by molar-refractivity contribution is 7.48. The molecule has 0 bridgehead atoms. The van der Waals surface area contributed by atoms with Gasteiger partial charge in [0.2, 0.25) is 12.7 Å². The van der Waals surface area contributed by atoms with Gasteiger partial charge in [0.1, 0.15) is 0 Å². The van der Waals surface area contributed by atoms with Gasteiger partial charge in [-0.3, -0.25) is 0 Å². The predicted octanol–water partition coefficient (Wildman–Crippen LogP) is 1.98. The van der Waals surface area contributed by atoms with Crippen LogP contribution >= 0.6 is 7.82 Å². The summed E-state index contributed by atoms with van der Waals surface area (Å²) in [6.45, 7) is 5.98. The fourth-order valence-corrected chi connectivity index (χ4v) is 1.22. The molecule has 14 heavy (non-hydrogen) atoms. The lowest BCUT2D eigenvalue weighted by molar-refractivity contribution is 0.00250. The van der Waals surface area contributed by atoms with Crippen LogP contribution in [0.2, 0.25) is 0 Å². The van der Waals surface area contributed by atoms with E-state index in [0.717, 1.165) is 0 Å². The molecule has 0 saturated carbocycles. The van der Waals surface area contributed by atoms with Gasteiger partial charge in [0.25, 0.3) is 0 Å². The SMILES string of the molecule is C=CC(F)OP(=O)(ON)OC(F)C=C. The monoisotopic (exact) mass is 229 g/mol. The molecule has 0 amide bonds. The summed E-state index contributed by atoms with van der Waals surface area (Å²) in [6.07, 6.45) is -2.95. The average molecular weight is 229 g/mol. The predicted molar refractivity (Wildman–Crippen MR) is 45.2 cm³/mol. The van der Waals surface area contributed by atoms with E-state index in [1.165, 1.54) is 0 Å². The summed E-state index contributed by atoms with van der Waals surface area (Å²) in [5, 5.41) is 0. The number of rotatable bonds is 7. The Kier molecular flexibility index (Phi) is 5.75. The maximum Gasteiger partial charge on any atom is 0.496 e. The van der Waals surface area contributed by atoms with E-state index in [1.54, 1.807) is 0 Å². The molecule has 2 N–H and O–H groups in total. The van der Waals surface area contributed by atoms with Crippen LogP contribution in [0.3, 0.4) is 0 Å². The van der Waals surface area contributed by atoms with Gasteiger partial charge in [-0.1, -0.05) is 13.2 Å². The van der Waals surface area contributed by atoms with E-state index in [9.17, 15) is 13.3 Å². The molecule has 8 heteroatoms. The summed E-state index contributed by atoms with van der Waals surface area (Å²) < 4.78 is 47.9. The van der Waals surface area contributed by atoms with E-state index in [1.807, 2.05) is 0 Å². The molecule has 0 aromatic heterocycles. The third-order valence-electron chi connectivity index (χ3n) is 0.959. The van der Waals surface area contributed by atoms with Crippen molar-refractivity contribution in [1.82, 2.24) is 0 Å². The lowest BCUT2D eigenvalue weighted by Gasteiger charge is -2.16. The number of alkyl halides is 2. The quantitative estimate of drug-likeness (QED) is 0.410. The molecule has 0 saturated heterocycles. The van der Waals surface area contributed by atoms with Crippen LogP contribution in [-0.2, 0) is 18.2 Å². The topological polar surface area (TPSA) is 70.8 Å². The van der Waals surface area contributed by atoms with E-state index >= 15 is 0 Å². The van der Waals surface area contributed by atoms with E-state index in [-0.39, 0.29) is 0 Å². The van der Waals surface area contributed by atoms with Crippen LogP contribution in [0.25, 0.3) is 0 Å². The van der Waals surface area contributed by atoms with Crippen molar-refractivity contribution in [1.29, 1.82) is 0 Å². The standard InChI is InChI=1S/C6H10F2NO4P/c1-3-5(7)11-14(10,13-9)12-6(8)4-2/h3-6H,1-2,9H2. The largest absolute Gasteiger partial charge is 0.496 e. The van der Waals surface area contributed by atoms with Gasteiger partial charge < -0.3 is 0 Å². The molecule has 0 aromatic rings. The first kappa shape index (κ1) is 13.4. The van der Waals surface area contributed by atoms with Crippen LogP contribution in [0.4, 0.5) is 8.78 Å². The van der Waals surface area contributed by atoms with Crippen molar-refractivity contribution in [2.24, 2.45) is 5.90 Å². The van der Waals surface area contributed by atoms with Crippen molar-refractivity contribution in [2.45, 2.75) is 12.7 Å². The second kappa shape index (κ2) is 6.00. The van der Waals surface area contributed by atoms with E-state index in [2.05, 4.69) is 32.7 Å². The Bertz CT molecular complexity index is 230. The molecule has 0 heterocycles. The number of hydrogen-bond donors (Lipinski definition) is 1. The smallest absolute Gasteiger partial charge is 0.247 e. The lowest BCUT2D eigenvalue weighted by Crippen LogP contribution is -2.12. The van der Waals surface area contributed by atoms with Gasteiger partial charge in [0.15, 0.2) is 0 Å². The second-order valence-electron chi connectivity index (χ2n) is 1.94. The van der Waals surface area contributed by atoms with E-state index in [0.29, 0.717) is 12.2 Å². The third-order valence-corrected chi connectivity index (χ3v) is 2.14. The van der Waals surface area contributed by atoms with Crippen molar-refractivity contribution in [3.8, 4) is 0 Å². The summed E-state index contributed by atoms with van der Waals surface area (Å²) in [5.74, 6) is 4.50. The molecule has 2 atom stereocenters. The van der Waals surface area contributed by atoms with Gasteiger partial charge in [-0.05, 0) is 12.2 Å². The molecule has 0 aliphatic rings. The van der Waals surface area contributed by atoms with Gasteiger partial charge in [0, 0.05) is 0 Å². The first-order valence-corrected chi connectivity index (χ1v) is 4.82. The molecule has 0 aromatic carbocycles. The van der Waals surface area contributed by atoms with Crippen LogP contribution in [0.15, 0.2) is 25.3 Å². The molecule has 5 nitrogen and oxygen atoms in total. The highest BCUT2D eigenvalue weighted by Gasteiger charge is 2.32. The highest BCUT2D eigenvalue weighted by Crippen LogP contribution is 2.50. The Morgan fingerprint density at radius 1 is 1.21 bits per heavy atom. The second-order valence-corrected chi connectivity index (χ2v) is 3.46. The van der Waals surface area contributed by atoms with Crippen molar-refractivity contribution in [3.63, 3.8) is 0 Å². The molecular weight excluding hydrogens is 219 g/mol. The maximum atomic E-state index is 12.5. The minimum Gasteiger partial charge on any atom is -0.247 e. The van der Waals surface area contributed by atoms with Crippen LogP contribution in [0.1, 0.15) is 0 Å². The van der Waals surface area contributed by atoms with Crippen LogP contribution in [0, 0.1) is 0 Å². The Hall–Kier alpha value is -0.590. The van der Waals surface area contributed by atoms with Gasteiger partial charge >= 0.3 is 7.82 Å². The number of halogens is 2. The molecule has 0 aliphatic heterocycles. The minimum atomic E-state index is -4.46. The Morgan fingerprint density at radius 3 is 1.79 bits per heavy atom. The zero-order valence-electron chi connectivity index (χ0n) is 7.14. The minimum absolute atomic E-state index is 0.663. The third kappa shape index (κ3) is 4.59. The summed E-state index contributed by atoms with van der Waals surface area (Å²) in [4.78, 5) is 0. The highest BCUT2D eigenvalue weighted by atomic mass is 31.2. The summed E-state index contributed by atoms with van der Waals surface area (Å²) >= 11 is 0. The van der Waals surface area contributed by atoms with Crippen molar-refractivity contribution < 1.29 is 27.0 Å². The maximum absolute atomic E-state index is 12.5. The Morgan fingerprint density at radius 2 is 1.57 bits per heavy atom. The Labute approximate surface area is 79.7 Å². The van der Waals surface area contributed by atoms with Crippen LogP contribution in [-0.4, -0.2) is 12.7 Å². The van der Waals surface area contributed by atoms with Crippen molar-refractivity contribution in [2.75, 3.05) is 0 Å². The molecule has 0 aliphatic carbocycles. The van der Waals surface area contributed by atoms with Gasteiger partial charge in [-0.15, -0.1) is 0 Å². The van der Waals surface area contributed by atoms with Crippen molar-refractivity contribution in [3.05, 3.63) is 25.3 Å². The summed E-state index contributed by atoms with van der Waals surface area (Å²) in [6, 6.07) is 0. The van der Waals surface area contributed by atoms with Crippen LogP contribution < -0.4 is 5.90 Å². The van der Waals surface area contributed by atoms with Gasteiger partial charge in [-0.25, -0.2) is 32.9 Å². The zero-order chi connectivity index (χ0) is 11.2. The normalized spacial score (nSPS) is 19.4. The average Bonchev–Trinajstić information content (AvgIpc) is 2.17. The molecular formula is C6H10F2NO4P. The van der Waals surface area contributed by atoms with E-state index in [4.69, 9.17) is 0 Å². The molecule has 0 fully saturated rings. The molecule has 0 spiro atoms. The fraction of sp³-hybridized carbons (Fsp3) is 0.333. The molecule has 0 rings (SSSR count). The van der Waals surface area contributed by atoms with E-state index < -0.39 is 20.5 Å². The summed E-state index contributed by atoms with van der Waals surface area (Å²) in [7, 11) is -4.46. The number of phosphoric ester groups is 1. The first-order valence-electron chi connectivity index (χ1n) is 3.36. The first-order chi connectivity index (χ1) is 6.47. The Balaban J connectivity index is 4.39. The lowest BCUT2D eigenvalue weighted by atomic mass is 10.7. The number of nitrogens with two attached hydrogens (primary N) is 1. The summed E-state index contributed by atoms with van der Waals surface area (Å²) in [5.41, 5.74) is 0. The number of hydrogen-bond acceptors (Lipinski definition) is 5. The molecule has 82 valence electrons. The molecule has 2 unspecified atom stereocenters. The van der Waals surface area contributed by atoms with Gasteiger partial charge in [-0.2, -0.15) is 0 Å². The number of phosphoric acid groups is 1. The van der Waals surface area contributed by atoms with Crippen LogP contribution in [0.5, 0.6) is 0 Å². The molecule has 0 radical (unpaired) electrons. The van der Waals surface area contributed by atoms with Crippen molar-refractivity contribution >= 4 is 7.82 Å². The van der Waals surface area contributed by atoms with Gasteiger partial charge in [0.05, 0.1) is 0 Å². The zero-order valence-corrected chi connectivity index (χ0v) is 8.03.